The summed E-state index contributed by atoms with van der Waals surface area (Å²) in [5.74, 6) is -2.28. The first-order chi connectivity index (χ1) is 19.1. The minimum Gasteiger partial charge on any atom is -0.468 e. The van der Waals surface area contributed by atoms with Gasteiger partial charge in [-0.25, -0.2) is 5.01 Å². The number of nitrogens with zero attached hydrogens (tertiary/aromatic N) is 2. The van der Waals surface area contributed by atoms with Crippen LogP contribution in [0, 0.1) is 5.41 Å². The van der Waals surface area contributed by atoms with Crippen molar-refractivity contribution < 1.29 is 37.0 Å². The van der Waals surface area contributed by atoms with Gasteiger partial charge in [0.2, 0.25) is 0 Å². The third-order valence-electron chi connectivity index (χ3n) is 7.40. The van der Waals surface area contributed by atoms with Gasteiger partial charge in [-0.2, -0.15) is 13.2 Å². The van der Waals surface area contributed by atoms with Crippen LogP contribution in [0.4, 0.5) is 18.9 Å². The molecule has 5 rings (SSSR count). The van der Waals surface area contributed by atoms with Crippen molar-refractivity contribution in [2.45, 2.75) is 24.7 Å². The maximum Gasteiger partial charge on any atom is 0.416 e. The normalized spacial score (nSPS) is 19.3. The first kappa shape index (κ1) is 27.0. The average molecular weight is 551 g/mol. The Bertz CT molecular complexity index is 1450. The van der Waals surface area contributed by atoms with Crippen LogP contribution < -0.4 is 5.01 Å². The molecule has 0 N–H and O–H groups in total. The zero-order valence-electron chi connectivity index (χ0n) is 21.6. The number of alkyl halides is 3. The number of hydrogen-bond acceptors (Lipinski definition) is 6. The summed E-state index contributed by atoms with van der Waals surface area (Å²) >= 11 is 0. The molecule has 0 unspecified atom stereocenters. The minimum absolute atomic E-state index is 0.00310. The van der Waals surface area contributed by atoms with Crippen molar-refractivity contribution in [3.8, 4) is 0 Å². The zero-order valence-corrected chi connectivity index (χ0v) is 21.6. The molecular weight excluding hydrogens is 525 g/mol. The van der Waals surface area contributed by atoms with Gasteiger partial charge in [-0.1, -0.05) is 60.7 Å². The highest BCUT2D eigenvalue weighted by atomic mass is 19.4. The van der Waals surface area contributed by atoms with E-state index in [4.69, 9.17) is 9.47 Å². The number of halogens is 3. The second-order valence-electron chi connectivity index (χ2n) is 9.52. The van der Waals surface area contributed by atoms with E-state index < -0.39 is 47.1 Å². The Morgan fingerprint density at radius 3 is 2.05 bits per heavy atom. The minimum atomic E-state index is -4.57. The highest BCUT2D eigenvalue weighted by molar-refractivity contribution is 6.04. The summed E-state index contributed by atoms with van der Waals surface area (Å²) in [5, 5.41) is 2.97. The molecular formula is C30H25F3N2O5. The second kappa shape index (κ2) is 10.2. The van der Waals surface area contributed by atoms with Crippen molar-refractivity contribution in [2.75, 3.05) is 19.2 Å². The zero-order chi connectivity index (χ0) is 28.7. The van der Waals surface area contributed by atoms with Gasteiger partial charge < -0.3 is 9.47 Å². The lowest BCUT2D eigenvalue weighted by atomic mass is 9.70. The van der Waals surface area contributed by atoms with E-state index in [9.17, 15) is 27.6 Å². The van der Waals surface area contributed by atoms with Crippen LogP contribution >= 0.6 is 0 Å². The van der Waals surface area contributed by atoms with E-state index in [1.54, 1.807) is 65.7 Å². The number of anilines is 1. The van der Waals surface area contributed by atoms with E-state index in [1.807, 2.05) is 6.07 Å². The molecule has 0 bridgehead atoms. The van der Waals surface area contributed by atoms with Crippen molar-refractivity contribution in [1.29, 1.82) is 0 Å². The molecule has 10 heteroatoms. The molecule has 1 fully saturated rings. The van der Waals surface area contributed by atoms with E-state index in [1.165, 1.54) is 19.2 Å². The first-order valence-electron chi connectivity index (χ1n) is 12.4. The maximum atomic E-state index is 14.2. The molecule has 0 spiro atoms. The van der Waals surface area contributed by atoms with Crippen molar-refractivity contribution >= 4 is 29.6 Å². The van der Waals surface area contributed by atoms with Crippen molar-refractivity contribution in [3.05, 3.63) is 107 Å². The number of amides is 1. The van der Waals surface area contributed by atoms with Gasteiger partial charge in [0.05, 0.1) is 37.6 Å². The number of carbonyl (C=O) groups excluding carboxylic acids is 3. The molecule has 7 nitrogen and oxygen atoms in total. The second-order valence-corrected chi connectivity index (χ2v) is 9.52. The van der Waals surface area contributed by atoms with Gasteiger partial charge in [-0.3, -0.25) is 19.4 Å². The lowest BCUT2D eigenvalue weighted by Crippen LogP contribution is -2.68. The number of benzene rings is 3. The van der Waals surface area contributed by atoms with Crippen LogP contribution in [-0.4, -0.2) is 43.1 Å². The number of para-hydroxylation sites is 1. The molecule has 2 aliphatic rings. The Kier molecular flexibility index (Phi) is 6.87. The molecule has 206 valence electrons. The summed E-state index contributed by atoms with van der Waals surface area (Å²) in [5.41, 5.74) is -0.921. The Morgan fingerprint density at radius 2 is 1.45 bits per heavy atom. The first-order valence-corrected chi connectivity index (χ1v) is 12.4. The van der Waals surface area contributed by atoms with Crippen LogP contribution in [-0.2, 0) is 25.2 Å². The van der Waals surface area contributed by atoms with E-state index in [0.29, 0.717) is 16.8 Å². The van der Waals surface area contributed by atoms with Gasteiger partial charge >= 0.3 is 18.1 Å². The standard InChI is InChI=1S/C30H25F3N2O5/c1-39-27(37)29(28(38)40-2)18-24(19-8-4-3-5-9-19)35(26(36)21-12-15-22(16-13-21)30(31,32)33)34-23-11-7-6-10-20(23)14-17-25(29)34/h3-17,24-25H,18H2,1-2H3/t24-,25+/m1/s1. The van der Waals surface area contributed by atoms with Gasteiger partial charge in [-0.15, -0.1) is 0 Å². The number of ether oxygens (including phenoxy) is 2. The van der Waals surface area contributed by atoms with Crippen LogP contribution in [0.25, 0.3) is 6.08 Å². The molecule has 0 radical (unpaired) electrons. The topological polar surface area (TPSA) is 76.2 Å². The molecule has 1 amide bonds. The van der Waals surface area contributed by atoms with Crippen molar-refractivity contribution in [1.82, 2.24) is 5.01 Å². The third-order valence-corrected chi connectivity index (χ3v) is 7.40. The third kappa shape index (κ3) is 4.29. The number of methoxy groups -OCH3 is 2. The number of fused-ring (bicyclic) bond motifs is 3. The Balaban J connectivity index is 1.75. The molecule has 2 aliphatic heterocycles. The fourth-order valence-electron chi connectivity index (χ4n) is 5.51. The summed E-state index contributed by atoms with van der Waals surface area (Å²) < 4.78 is 50.1. The average Bonchev–Trinajstić information content (AvgIpc) is 2.98. The summed E-state index contributed by atoms with van der Waals surface area (Å²) in [6.07, 6.45) is -1.37. The molecule has 0 aromatic heterocycles. The Hall–Kier alpha value is -4.60. The molecule has 2 heterocycles. The van der Waals surface area contributed by atoms with E-state index in [-0.39, 0.29) is 12.0 Å². The van der Waals surface area contributed by atoms with E-state index >= 15 is 0 Å². The fourth-order valence-corrected chi connectivity index (χ4v) is 5.51. The predicted octanol–water partition coefficient (Wildman–Crippen LogP) is 5.44. The molecule has 3 aromatic rings. The molecule has 0 saturated carbocycles. The van der Waals surface area contributed by atoms with Gasteiger partial charge in [0, 0.05) is 12.0 Å². The van der Waals surface area contributed by atoms with Gasteiger partial charge in [0.15, 0.2) is 5.41 Å². The van der Waals surface area contributed by atoms with Crippen LogP contribution in [0.15, 0.2) is 84.9 Å². The van der Waals surface area contributed by atoms with Crippen LogP contribution in [0.3, 0.4) is 0 Å². The quantitative estimate of drug-likeness (QED) is 0.318. The summed E-state index contributed by atoms with van der Waals surface area (Å²) in [4.78, 5) is 41.3. The molecule has 0 aliphatic carbocycles. The van der Waals surface area contributed by atoms with Crippen LogP contribution in [0.5, 0.6) is 0 Å². The summed E-state index contributed by atoms with van der Waals surface area (Å²) in [6, 6.07) is 17.9. The van der Waals surface area contributed by atoms with Crippen LogP contribution in [0.2, 0.25) is 0 Å². The summed E-state index contributed by atoms with van der Waals surface area (Å²) in [7, 11) is 2.35. The highest BCUT2D eigenvalue weighted by Crippen LogP contribution is 2.51. The Morgan fingerprint density at radius 1 is 0.850 bits per heavy atom. The van der Waals surface area contributed by atoms with E-state index in [2.05, 4.69) is 0 Å². The summed E-state index contributed by atoms with van der Waals surface area (Å²) in [6.45, 7) is 0. The lowest BCUT2D eigenvalue weighted by molar-refractivity contribution is -0.175. The smallest absolute Gasteiger partial charge is 0.416 e. The molecule has 1 saturated heterocycles. The SMILES string of the molecule is COC(=O)C1(C(=O)OC)C[C@H](c2ccccc2)N(C(=O)c2ccc(C(F)(F)F)cc2)N2c3ccccc3C=C[C@H]21. The number of esters is 2. The Labute approximate surface area is 228 Å². The van der Waals surface area contributed by atoms with Crippen LogP contribution in [0.1, 0.15) is 39.5 Å². The molecule has 40 heavy (non-hydrogen) atoms. The monoisotopic (exact) mass is 550 g/mol. The van der Waals surface area contributed by atoms with Gasteiger partial charge in [0.1, 0.15) is 0 Å². The number of rotatable bonds is 4. The molecule has 3 aromatic carbocycles. The highest BCUT2D eigenvalue weighted by Gasteiger charge is 2.63. The van der Waals surface area contributed by atoms with Crippen molar-refractivity contribution in [3.63, 3.8) is 0 Å². The van der Waals surface area contributed by atoms with Gasteiger partial charge in [0.25, 0.3) is 5.91 Å². The predicted molar refractivity (Wildman–Crippen MR) is 140 cm³/mol. The van der Waals surface area contributed by atoms with Crippen molar-refractivity contribution in [2.24, 2.45) is 5.41 Å². The fraction of sp³-hybridized carbons (Fsp3) is 0.233. The number of carbonyl (C=O) groups is 3. The van der Waals surface area contributed by atoms with E-state index in [0.717, 1.165) is 24.3 Å². The maximum absolute atomic E-state index is 14.2. The molecule has 2 atom stereocenters. The van der Waals surface area contributed by atoms with Gasteiger partial charge in [-0.05, 0) is 41.5 Å². The number of hydrogen-bond donors (Lipinski definition) is 0. The largest absolute Gasteiger partial charge is 0.468 e. The lowest BCUT2D eigenvalue weighted by Gasteiger charge is -2.56. The number of hydrazine groups is 1.